The fourth-order valence-corrected chi connectivity index (χ4v) is 3.77. The van der Waals surface area contributed by atoms with Gasteiger partial charge in [0.25, 0.3) is 0 Å². The summed E-state index contributed by atoms with van der Waals surface area (Å²) >= 11 is 0. The van der Waals surface area contributed by atoms with Crippen LogP contribution in [0.25, 0.3) is 0 Å². The van der Waals surface area contributed by atoms with Gasteiger partial charge < -0.3 is 14.2 Å². The molecule has 0 spiro atoms. The monoisotopic (exact) mass is 353 g/mol. The van der Waals surface area contributed by atoms with Gasteiger partial charge >= 0.3 is 0 Å². The molecule has 1 aliphatic carbocycles. The van der Waals surface area contributed by atoms with Crippen molar-refractivity contribution in [2.75, 3.05) is 13.2 Å². The van der Waals surface area contributed by atoms with Gasteiger partial charge in [-0.15, -0.1) is 0 Å². The summed E-state index contributed by atoms with van der Waals surface area (Å²) < 4.78 is 7.93. The van der Waals surface area contributed by atoms with Crippen molar-refractivity contribution >= 4 is 5.91 Å². The van der Waals surface area contributed by atoms with Gasteiger partial charge in [0.05, 0.1) is 12.6 Å². The molecule has 5 heteroatoms. The third kappa shape index (κ3) is 3.98. The predicted molar refractivity (Wildman–Crippen MR) is 99.5 cm³/mol. The zero-order chi connectivity index (χ0) is 17.8. The molecule has 2 aromatic rings. The summed E-state index contributed by atoms with van der Waals surface area (Å²) in [6.07, 6.45) is 9.38. The van der Waals surface area contributed by atoms with Gasteiger partial charge in [0.15, 0.2) is 0 Å². The molecule has 1 aromatic heterocycles. The Morgan fingerprint density at radius 3 is 2.73 bits per heavy atom. The molecule has 1 atom stereocenters. The number of amides is 1. The highest BCUT2D eigenvalue weighted by Gasteiger charge is 2.32. The minimum Gasteiger partial charge on any atom is -0.376 e. The third-order valence-corrected chi connectivity index (χ3v) is 5.54. The number of rotatable bonds is 7. The van der Waals surface area contributed by atoms with Gasteiger partial charge in [0.1, 0.15) is 5.82 Å². The molecule has 0 unspecified atom stereocenters. The number of nitrogens with zero attached hydrogens (tertiary/aromatic N) is 3. The van der Waals surface area contributed by atoms with E-state index in [0.717, 1.165) is 44.7 Å². The first kappa shape index (κ1) is 17.3. The van der Waals surface area contributed by atoms with Gasteiger partial charge in [-0.2, -0.15) is 0 Å². The molecule has 1 aliphatic heterocycles. The summed E-state index contributed by atoms with van der Waals surface area (Å²) in [4.78, 5) is 19.5. The predicted octanol–water partition coefficient (Wildman–Crippen LogP) is 3.24. The van der Waals surface area contributed by atoms with E-state index in [-0.39, 0.29) is 17.9 Å². The number of carbonyl (C=O) groups excluding carboxylic acids is 1. The molecule has 4 rings (SSSR count). The van der Waals surface area contributed by atoms with Crippen LogP contribution in [-0.2, 0) is 22.6 Å². The highest BCUT2D eigenvalue weighted by Crippen LogP contribution is 2.29. The molecule has 0 radical (unpaired) electrons. The molecule has 1 amide bonds. The Balaban J connectivity index is 1.48. The van der Waals surface area contributed by atoms with Crippen molar-refractivity contribution in [3.8, 4) is 0 Å². The Labute approximate surface area is 155 Å². The molecule has 0 N–H and O–H groups in total. The number of hydrogen-bond donors (Lipinski definition) is 0. The average molecular weight is 353 g/mol. The lowest BCUT2D eigenvalue weighted by atomic mass is 9.84. The molecule has 1 saturated heterocycles. The summed E-state index contributed by atoms with van der Waals surface area (Å²) in [7, 11) is 0. The normalized spacial score (nSPS) is 20.1. The Morgan fingerprint density at radius 1 is 1.19 bits per heavy atom. The number of aromatic nitrogens is 2. The maximum atomic E-state index is 12.9. The maximum Gasteiger partial charge on any atom is 0.226 e. The third-order valence-electron chi connectivity index (χ3n) is 5.54. The molecule has 2 aliphatic rings. The highest BCUT2D eigenvalue weighted by atomic mass is 16.5. The van der Waals surface area contributed by atoms with Crippen LogP contribution >= 0.6 is 0 Å². The lowest BCUT2D eigenvalue weighted by Crippen LogP contribution is -2.42. The first-order valence-corrected chi connectivity index (χ1v) is 9.74. The molecule has 5 nitrogen and oxygen atoms in total. The van der Waals surface area contributed by atoms with Crippen LogP contribution in [0, 0.1) is 5.92 Å². The van der Waals surface area contributed by atoms with E-state index in [2.05, 4.69) is 33.8 Å². The van der Waals surface area contributed by atoms with Gasteiger partial charge in [0.2, 0.25) is 5.91 Å². The number of benzene rings is 1. The first-order valence-electron chi connectivity index (χ1n) is 9.74. The van der Waals surface area contributed by atoms with Crippen LogP contribution in [0.15, 0.2) is 42.7 Å². The fraction of sp³-hybridized carbons (Fsp3) is 0.524. The topological polar surface area (TPSA) is 47.4 Å². The van der Waals surface area contributed by atoms with Gasteiger partial charge in [-0.05, 0) is 31.2 Å². The second-order valence-electron chi connectivity index (χ2n) is 7.44. The fourth-order valence-electron chi connectivity index (χ4n) is 3.77. The molecule has 2 heterocycles. The van der Waals surface area contributed by atoms with Gasteiger partial charge in [0, 0.05) is 38.0 Å². The quantitative estimate of drug-likeness (QED) is 0.768. The van der Waals surface area contributed by atoms with Crippen molar-refractivity contribution in [3.63, 3.8) is 0 Å². The van der Waals surface area contributed by atoms with Crippen molar-refractivity contribution < 1.29 is 9.53 Å². The van der Waals surface area contributed by atoms with Crippen LogP contribution in [0.4, 0.5) is 0 Å². The van der Waals surface area contributed by atoms with Crippen molar-refractivity contribution in [1.82, 2.24) is 14.5 Å². The molecule has 26 heavy (non-hydrogen) atoms. The van der Waals surface area contributed by atoms with E-state index in [1.165, 1.54) is 12.0 Å². The van der Waals surface area contributed by atoms with Gasteiger partial charge in [-0.25, -0.2) is 4.98 Å². The standard InChI is InChI=1S/C21H27N3O2/c25-21(18-8-4-9-18)24(15-19-10-5-13-26-19)16-20-22-11-12-23(20)14-17-6-2-1-3-7-17/h1-3,6-7,11-12,18-19H,4-5,8-10,13-16H2/t19-/m1/s1. The number of ether oxygens (including phenoxy) is 1. The van der Waals surface area contributed by atoms with Crippen LogP contribution in [0.5, 0.6) is 0 Å². The lowest BCUT2D eigenvalue weighted by Gasteiger charge is -2.33. The van der Waals surface area contributed by atoms with Gasteiger partial charge in [-0.3, -0.25) is 4.79 Å². The van der Waals surface area contributed by atoms with E-state index in [0.29, 0.717) is 13.1 Å². The van der Waals surface area contributed by atoms with Crippen molar-refractivity contribution in [2.45, 2.75) is 51.3 Å². The van der Waals surface area contributed by atoms with Crippen LogP contribution in [-0.4, -0.2) is 39.6 Å². The van der Waals surface area contributed by atoms with Crippen LogP contribution < -0.4 is 0 Å². The lowest BCUT2D eigenvalue weighted by molar-refractivity contribution is -0.140. The molecule has 1 saturated carbocycles. The smallest absolute Gasteiger partial charge is 0.226 e. The van der Waals surface area contributed by atoms with E-state index < -0.39 is 0 Å². The zero-order valence-corrected chi connectivity index (χ0v) is 15.2. The molecule has 138 valence electrons. The minimum absolute atomic E-state index is 0.177. The van der Waals surface area contributed by atoms with Crippen LogP contribution in [0.3, 0.4) is 0 Å². The molecule has 0 bridgehead atoms. The Bertz CT molecular complexity index is 718. The summed E-state index contributed by atoms with van der Waals surface area (Å²) in [5.41, 5.74) is 1.24. The van der Waals surface area contributed by atoms with Crippen LogP contribution in [0.1, 0.15) is 43.5 Å². The SMILES string of the molecule is O=C(C1CCC1)N(Cc1nccn1Cc1ccccc1)C[C@H]1CCCO1. The summed E-state index contributed by atoms with van der Waals surface area (Å²) in [5.74, 6) is 1.43. The van der Waals surface area contributed by atoms with E-state index >= 15 is 0 Å². The Morgan fingerprint density at radius 2 is 2.04 bits per heavy atom. The summed E-state index contributed by atoms with van der Waals surface area (Å²) in [5, 5.41) is 0. The number of imidazole rings is 1. The molecular weight excluding hydrogens is 326 g/mol. The van der Waals surface area contributed by atoms with Crippen molar-refractivity contribution in [2.24, 2.45) is 5.92 Å². The Hall–Kier alpha value is -2.14. The van der Waals surface area contributed by atoms with Crippen molar-refractivity contribution in [1.29, 1.82) is 0 Å². The second kappa shape index (κ2) is 8.04. The molecule has 1 aromatic carbocycles. The van der Waals surface area contributed by atoms with E-state index in [1.54, 1.807) is 0 Å². The summed E-state index contributed by atoms with van der Waals surface area (Å²) in [6, 6.07) is 10.4. The second-order valence-corrected chi connectivity index (χ2v) is 7.44. The van der Waals surface area contributed by atoms with E-state index in [9.17, 15) is 4.79 Å². The zero-order valence-electron chi connectivity index (χ0n) is 15.2. The molecular formula is C21H27N3O2. The largest absolute Gasteiger partial charge is 0.376 e. The average Bonchev–Trinajstić information content (AvgIpc) is 3.26. The number of carbonyl (C=O) groups is 1. The van der Waals surface area contributed by atoms with Crippen LogP contribution in [0.2, 0.25) is 0 Å². The Kier molecular flexibility index (Phi) is 5.34. The maximum absolute atomic E-state index is 12.9. The highest BCUT2D eigenvalue weighted by molar-refractivity contribution is 5.79. The number of hydrogen-bond acceptors (Lipinski definition) is 3. The van der Waals surface area contributed by atoms with Crippen molar-refractivity contribution in [3.05, 3.63) is 54.1 Å². The van der Waals surface area contributed by atoms with E-state index in [4.69, 9.17) is 4.74 Å². The summed E-state index contributed by atoms with van der Waals surface area (Å²) in [6.45, 7) is 2.85. The minimum atomic E-state index is 0.177. The van der Waals surface area contributed by atoms with E-state index in [1.807, 2.05) is 23.4 Å². The van der Waals surface area contributed by atoms with Gasteiger partial charge in [-0.1, -0.05) is 36.8 Å². The first-order chi connectivity index (χ1) is 12.8. The molecule has 2 fully saturated rings.